The molecule has 1 aromatic carbocycles. The Morgan fingerprint density at radius 3 is 2.58 bits per heavy atom. The largest absolute Gasteiger partial charge is 0.396 e. The maximum absolute atomic E-state index is 8.69. The van der Waals surface area contributed by atoms with E-state index in [0.717, 1.165) is 24.5 Å². The fourth-order valence-corrected chi connectivity index (χ4v) is 2.80. The monoisotopic (exact) mass is 281 g/mol. The first kappa shape index (κ1) is 16.5. The first-order chi connectivity index (χ1) is 9.27. The number of hydrogen-bond donors (Lipinski definition) is 2. The van der Waals surface area contributed by atoms with Gasteiger partial charge in [-0.05, 0) is 36.6 Å². The average Bonchev–Trinajstić information content (AvgIpc) is 2.43. The van der Waals surface area contributed by atoms with Crippen molar-refractivity contribution in [3.8, 4) is 0 Å². The molecule has 1 rings (SSSR count). The van der Waals surface area contributed by atoms with Gasteiger partial charge in [-0.3, -0.25) is 0 Å². The van der Waals surface area contributed by atoms with E-state index < -0.39 is 0 Å². The normalized spacial score (nSPS) is 12.6. The highest BCUT2D eigenvalue weighted by Crippen LogP contribution is 2.14. The van der Waals surface area contributed by atoms with Gasteiger partial charge in [0.1, 0.15) is 0 Å². The summed E-state index contributed by atoms with van der Waals surface area (Å²) in [5.74, 6) is 2.16. The van der Waals surface area contributed by atoms with Gasteiger partial charge in [0.15, 0.2) is 0 Å². The predicted octanol–water partition coefficient (Wildman–Crippen LogP) is 3.41. The fraction of sp³-hybridized carbons (Fsp3) is 0.625. The van der Waals surface area contributed by atoms with E-state index in [0.29, 0.717) is 12.6 Å². The summed E-state index contributed by atoms with van der Waals surface area (Å²) in [5, 5.41) is 12.2. The Morgan fingerprint density at radius 1 is 1.21 bits per heavy atom. The molecule has 0 aromatic heterocycles. The topological polar surface area (TPSA) is 32.3 Å². The zero-order valence-corrected chi connectivity index (χ0v) is 13.0. The average molecular weight is 281 g/mol. The number of nitrogens with one attached hydrogen (secondary N) is 1. The van der Waals surface area contributed by atoms with Gasteiger partial charge in [-0.25, -0.2) is 0 Å². The molecular formula is C16H27NOS. The second-order valence-corrected chi connectivity index (χ2v) is 6.08. The van der Waals surface area contributed by atoms with Gasteiger partial charge in [0, 0.05) is 24.9 Å². The summed E-state index contributed by atoms with van der Waals surface area (Å²) in [6.45, 7) is 5.76. The molecule has 0 aliphatic heterocycles. The maximum Gasteiger partial charge on any atom is 0.0438 e. The molecule has 0 amide bonds. The third-order valence-corrected chi connectivity index (χ3v) is 4.23. The van der Waals surface area contributed by atoms with Gasteiger partial charge in [0.05, 0.1) is 0 Å². The number of hydrogen-bond acceptors (Lipinski definition) is 3. The Kier molecular flexibility index (Phi) is 8.97. The van der Waals surface area contributed by atoms with Crippen molar-refractivity contribution in [3.63, 3.8) is 0 Å². The summed E-state index contributed by atoms with van der Waals surface area (Å²) in [4.78, 5) is 0. The molecule has 1 aromatic rings. The van der Waals surface area contributed by atoms with Gasteiger partial charge in [-0.1, -0.05) is 37.6 Å². The Balaban J connectivity index is 2.23. The van der Waals surface area contributed by atoms with E-state index in [4.69, 9.17) is 5.11 Å². The SMILES string of the molecule is CCCc1ccc(C(C)NCCSCCCO)cc1. The Labute approximate surface area is 122 Å². The smallest absolute Gasteiger partial charge is 0.0438 e. The first-order valence-electron chi connectivity index (χ1n) is 7.28. The molecule has 0 heterocycles. The van der Waals surface area contributed by atoms with Crippen molar-refractivity contribution in [1.29, 1.82) is 0 Å². The lowest BCUT2D eigenvalue weighted by atomic mass is 10.0. The van der Waals surface area contributed by atoms with E-state index in [9.17, 15) is 0 Å². The summed E-state index contributed by atoms with van der Waals surface area (Å²) >= 11 is 1.90. The molecule has 3 heteroatoms. The summed E-state index contributed by atoms with van der Waals surface area (Å²) < 4.78 is 0. The predicted molar refractivity (Wildman–Crippen MR) is 85.9 cm³/mol. The zero-order chi connectivity index (χ0) is 13.9. The lowest BCUT2D eigenvalue weighted by molar-refractivity contribution is 0.296. The van der Waals surface area contributed by atoms with E-state index in [2.05, 4.69) is 43.4 Å². The van der Waals surface area contributed by atoms with E-state index >= 15 is 0 Å². The molecule has 0 spiro atoms. The van der Waals surface area contributed by atoms with Gasteiger partial charge in [-0.15, -0.1) is 0 Å². The molecule has 1 atom stereocenters. The summed E-state index contributed by atoms with van der Waals surface area (Å²) in [6, 6.07) is 9.37. The summed E-state index contributed by atoms with van der Waals surface area (Å²) in [7, 11) is 0. The maximum atomic E-state index is 8.69. The minimum absolute atomic E-state index is 0.306. The zero-order valence-electron chi connectivity index (χ0n) is 12.2. The first-order valence-corrected chi connectivity index (χ1v) is 8.44. The molecule has 0 fully saturated rings. The number of rotatable bonds is 10. The molecular weight excluding hydrogens is 254 g/mol. The van der Waals surface area contributed by atoms with Crippen LogP contribution in [0.3, 0.4) is 0 Å². The lowest BCUT2D eigenvalue weighted by Gasteiger charge is -2.14. The third-order valence-electron chi connectivity index (χ3n) is 3.16. The van der Waals surface area contributed by atoms with E-state index in [1.54, 1.807) is 0 Å². The van der Waals surface area contributed by atoms with Crippen molar-refractivity contribution in [2.75, 3.05) is 24.7 Å². The van der Waals surface area contributed by atoms with Crippen molar-refractivity contribution >= 4 is 11.8 Å². The molecule has 2 N–H and O–H groups in total. The molecule has 0 radical (unpaired) electrons. The number of benzene rings is 1. The van der Waals surface area contributed by atoms with Crippen molar-refractivity contribution in [3.05, 3.63) is 35.4 Å². The van der Waals surface area contributed by atoms with Crippen LogP contribution >= 0.6 is 11.8 Å². The van der Waals surface area contributed by atoms with E-state index in [1.165, 1.54) is 24.0 Å². The molecule has 108 valence electrons. The van der Waals surface area contributed by atoms with Gasteiger partial charge in [-0.2, -0.15) is 11.8 Å². The van der Waals surface area contributed by atoms with Gasteiger partial charge < -0.3 is 10.4 Å². The molecule has 1 unspecified atom stereocenters. The van der Waals surface area contributed by atoms with Crippen LogP contribution in [0.5, 0.6) is 0 Å². The Bertz CT molecular complexity index is 326. The second kappa shape index (κ2) is 10.3. The minimum Gasteiger partial charge on any atom is -0.396 e. The van der Waals surface area contributed by atoms with Crippen LogP contribution in [-0.4, -0.2) is 29.8 Å². The number of aliphatic hydroxyl groups excluding tert-OH is 1. The number of thioether (sulfide) groups is 1. The highest BCUT2D eigenvalue weighted by atomic mass is 32.2. The molecule has 0 saturated heterocycles. The van der Waals surface area contributed by atoms with Crippen LogP contribution in [0.2, 0.25) is 0 Å². The fourth-order valence-electron chi connectivity index (χ4n) is 2.00. The van der Waals surface area contributed by atoms with Crippen LogP contribution in [0.4, 0.5) is 0 Å². The molecule has 19 heavy (non-hydrogen) atoms. The quantitative estimate of drug-likeness (QED) is 0.645. The van der Waals surface area contributed by atoms with Crippen molar-refractivity contribution in [2.45, 2.75) is 39.2 Å². The van der Waals surface area contributed by atoms with Crippen LogP contribution in [0.25, 0.3) is 0 Å². The third kappa shape index (κ3) is 7.00. The highest BCUT2D eigenvalue weighted by Gasteiger charge is 2.04. The second-order valence-electron chi connectivity index (χ2n) is 4.86. The summed E-state index contributed by atoms with van der Waals surface area (Å²) in [6.07, 6.45) is 3.28. The lowest BCUT2D eigenvalue weighted by Crippen LogP contribution is -2.21. The minimum atomic E-state index is 0.306. The highest BCUT2D eigenvalue weighted by molar-refractivity contribution is 7.99. The summed E-state index contributed by atoms with van der Waals surface area (Å²) in [5.41, 5.74) is 2.79. The van der Waals surface area contributed by atoms with Gasteiger partial charge >= 0.3 is 0 Å². The van der Waals surface area contributed by atoms with Gasteiger partial charge in [0.2, 0.25) is 0 Å². The number of aryl methyl sites for hydroxylation is 1. The van der Waals surface area contributed by atoms with Crippen molar-refractivity contribution in [1.82, 2.24) is 5.32 Å². The van der Waals surface area contributed by atoms with Crippen molar-refractivity contribution in [2.24, 2.45) is 0 Å². The Hall–Kier alpha value is -0.510. The van der Waals surface area contributed by atoms with Crippen LogP contribution in [-0.2, 0) is 6.42 Å². The van der Waals surface area contributed by atoms with E-state index in [1.807, 2.05) is 11.8 Å². The molecule has 0 saturated carbocycles. The van der Waals surface area contributed by atoms with Crippen molar-refractivity contribution < 1.29 is 5.11 Å². The molecule has 0 aliphatic carbocycles. The standard InChI is InChI=1S/C16H27NOS/c1-3-5-15-6-8-16(9-7-15)14(2)17-10-13-19-12-4-11-18/h6-9,14,17-18H,3-5,10-13H2,1-2H3. The van der Waals surface area contributed by atoms with E-state index in [-0.39, 0.29) is 0 Å². The molecule has 0 aliphatic rings. The molecule has 2 nitrogen and oxygen atoms in total. The Morgan fingerprint density at radius 2 is 1.95 bits per heavy atom. The molecule has 0 bridgehead atoms. The van der Waals surface area contributed by atoms with Crippen LogP contribution in [0.15, 0.2) is 24.3 Å². The van der Waals surface area contributed by atoms with Crippen LogP contribution < -0.4 is 5.32 Å². The number of aliphatic hydroxyl groups is 1. The van der Waals surface area contributed by atoms with Crippen LogP contribution in [0, 0.1) is 0 Å². The van der Waals surface area contributed by atoms with Crippen LogP contribution in [0.1, 0.15) is 43.9 Å². The van der Waals surface area contributed by atoms with Gasteiger partial charge in [0.25, 0.3) is 0 Å².